The number of hydrogen-bond donors (Lipinski definition) is 1. The molecular weight excluding hydrogens is 124 g/mol. The van der Waals surface area contributed by atoms with Crippen molar-refractivity contribution in [3.8, 4) is 0 Å². The van der Waals surface area contributed by atoms with E-state index in [0.29, 0.717) is 0 Å². The van der Waals surface area contributed by atoms with Gasteiger partial charge < -0.3 is 5.73 Å². The largest absolute Gasteiger partial charge is 0.399 e. The Morgan fingerprint density at radius 2 is 2.10 bits per heavy atom. The number of nitrogens with zero attached hydrogens (tertiary/aromatic N) is 1. The Kier molecular flexibility index (Phi) is 2.05. The molecule has 0 saturated carbocycles. The SMILES string of the molecule is C/C=C(\N)c1ccncc1. The molecule has 1 aromatic heterocycles. The summed E-state index contributed by atoms with van der Waals surface area (Å²) in [6, 6.07) is 3.77. The van der Waals surface area contributed by atoms with Crippen molar-refractivity contribution in [2.75, 3.05) is 0 Å². The van der Waals surface area contributed by atoms with Crippen molar-refractivity contribution in [3.05, 3.63) is 36.2 Å². The Morgan fingerprint density at radius 3 is 2.60 bits per heavy atom. The van der Waals surface area contributed by atoms with Crippen LogP contribution in [0, 0.1) is 0 Å². The fourth-order valence-electron chi connectivity index (χ4n) is 0.711. The van der Waals surface area contributed by atoms with Gasteiger partial charge in [0, 0.05) is 23.7 Å². The zero-order valence-corrected chi connectivity index (χ0v) is 5.91. The van der Waals surface area contributed by atoms with Gasteiger partial charge in [0.1, 0.15) is 0 Å². The molecule has 2 N–H and O–H groups in total. The van der Waals surface area contributed by atoms with Crippen LogP contribution in [0.2, 0.25) is 0 Å². The number of pyridine rings is 1. The van der Waals surface area contributed by atoms with Crippen LogP contribution in [0.4, 0.5) is 0 Å². The molecule has 0 unspecified atom stereocenters. The number of nitrogens with two attached hydrogens (primary N) is 1. The third kappa shape index (κ3) is 1.35. The fraction of sp³-hybridized carbons (Fsp3) is 0.125. The van der Waals surface area contributed by atoms with Crippen LogP contribution < -0.4 is 5.73 Å². The third-order valence-corrected chi connectivity index (χ3v) is 1.32. The first-order valence-corrected chi connectivity index (χ1v) is 3.17. The number of hydrogen-bond acceptors (Lipinski definition) is 2. The molecule has 0 saturated heterocycles. The second-order valence-corrected chi connectivity index (χ2v) is 1.98. The molecule has 0 spiro atoms. The van der Waals surface area contributed by atoms with E-state index in [-0.39, 0.29) is 0 Å². The minimum Gasteiger partial charge on any atom is -0.399 e. The first kappa shape index (κ1) is 6.81. The summed E-state index contributed by atoms with van der Waals surface area (Å²) in [5, 5.41) is 0. The quantitative estimate of drug-likeness (QED) is 0.630. The average Bonchev–Trinajstić information content (AvgIpc) is 2.05. The number of allylic oxidation sites excluding steroid dienone is 1. The van der Waals surface area contributed by atoms with Gasteiger partial charge in [-0.1, -0.05) is 6.08 Å². The van der Waals surface area contributed by atoms with Gasteiger partial charge >= 0.3 is 0 Å². The van der Waals surface area contributed by atoms with Crippen molar-refractivity contribution in [3.63, 3.8) is 0 Å². The topological polar surface area (TPSA) is 38.9 Å². The summed E-state index contributed by atoms with van der Waals surface area (Å²) in [5.41, 5.74) is 7.45. The zero-order valence-electron chi connectivity index (χ0n) is 5.91. The summed E-state index contributed by atoms with van der Waals surface area (Å²) in [4.78, 5) is 3.88. The van der Waals surface area contributed by atoms with Crippen molar-refractivity contribution < 1.29 is 0 Å². The van der Waals surface area contributed by atoms with Crippen molar-refractivity contribution in [2.45, 2.75) is 6.92 Å². The van der Waals surface area contributed by atoms with E-state index in [0.717, 1.165) is 11.3 Å². The van der Waals surface area contributed by atoms with E-state index < -0.39 is 0 Å². The molecule has 0 aromatic carbocycles. The molecule has 1 heterocycles. The van der Waals surface area contributed by atoms with Crippen LogP contribution in [-0.4, -0.2) is 4.98 Å². The van der Waals surface area contributed by atoms with Crippen LogP contribution in [-0.2, 0) is 0 Å². The van der Waals surface area contributed by atoms with E-state index in [1.165, 1.54) is 0 Å². The maximum Gasteiger partial charge on any atom is 0.0345 e. The van der Waals surface area contributed by atoms with Crippen LogP contribution in [0.3, 0.4) is 0 Å². The smallest absolute Gasteiger partial charge is 0.0345 e. The molecule has 0 aliphatic heterocycles. The first-order valence-electron chi connectivity index (χ1n) is 3.17. The number of rotatable bonds is 1. The molecule has 0 fully saturated rings. The highest BCUT2D eigenvalue weighted by molar-refractivity contribution is 5.61. The Balaban J connectivity index is 2.96. The molecule has 0 amide bonds. The van der Waals surface area contributed by atoms with Gasteiger partial charge in [0.05, 0.1) is 0 Å². The zero-order chi connectivity index (χ0) is 7.40. The van der Waals surface area contributed by atoms with Gasteiger partial charge in [0.15, 0.2) is 0 Å². The lowest BCUT2D eigenvalue weighted by Crippen LogP contribution is -1.94. The van der Waals surface area contributed by atoms with E-state index in [2.05, 4.69) is 4.98 Å². The van der Waals surface area contributed by atoms with Gasteiger partial charge in [-0.3, -0.25) is 4.98 Å². The molecule has 10 heavy (non-hydrogen) atoms. The van der Waals surface area contributed by atoms with Crippen LogP contribution >= 0.6 is 0 Å². The van der Waals surface area contributed by atoms with Gasteiger partial charge in [-0.2, -0.15) is 0 Å². The maximum absolute atomic E-state index is 5.63. The third-order valence-electron chi connectivity index (χ3n) is 1.32. The van der Waals surface area contributed by atoms with Crippen molar-refractivity contribution in [1.29, 1.82) is 0 Å². The molecular formula is C8H10N2. The molecule has 52 valence electrons. The normalized spacial score (nSPS) is 11.5. The van der Waals surface area contributed by atoms with E-state index >= 15 is 0 Å². The molecule has 0 aliphatic rings. The predicted octanol–water partition coefficient (Wildman–Crippen LogP) is 1.40. The maximum atomic E-state index is 5.63. The summed E-state index contributed by atoms with van der Waals surface area (Å²) in [5.74, 6) is 0. The van der Waals surface area contributed by atoms with Crippen molar-refractivity contribution >= 4 is 5.70 Å². The lowest BCUT2D eigenvalue weighted by atomic mass is 10.2. The molecule has 0 bridgehead atoms. The summed E-state index contributed by atoms with van der Waals surface area (Å²) in [6.45, 7) is 1.91. The highest BCUT2D eigenvalue weighted by Gasteiger charge is 1.90. The van der Waals surface area contributed by atoms with Crippen LogP contribution in [0.5, 0.6) is 0 Å². The fourth-order valence-corrected chi connectivity index (χ4v) is 0.711. The standard InChI is InChI=1S/C8H10N2/c1-2-8(9)7-3-5-10-6-4-7/h2-6H,9H2,1H3/b8-2-. The summed E-state index contributed by atoms with van der Waals surface area (Å²) in [7, 11) is 0. The van der Waals surface area contributed by atoms with Crippen molar-refractivity contribution in [2.24, 2.45) is 5.73 Å². The summed E-state index contributed by atoms with van der Waals surface area (Å²) in [6.07, 6.45) is 5.33. The van der Waals surface area contributed by atoms with E-state index in [1.807, 2.05) is 25.1 Å². The van der Waals surface area contributed by atoms with Gasteiger partial charge in [0.2, 0.25) is 0 Å². The minimum absolute atomic E-state index is 0.794. The lowest BCUT2D eigenvalue weighted by molar-refractivity contribution is 1.31. The van der Waals surface area contributed by atoms with Gasteiger partial charge in [-0.25, -0.2) is 0 Å². The first-order chi connectivity index (χ1) is 4.84. The molecule has 0 radical (unpaired) electrons. The van der Waals surface area contributed by atoms with E-state index in [1.54, 1.807) is 12.4 Å². The molecule has 0 aliphatic carbocycles. The molecule has 2 heteroatoms. The Hall–Kier alpha value is -1.31. The Labute approximate surface area is 60.4 Å². The van der Waals surface area contributed by atoms with Crippen LogP contribution in [0.15, 0.2) is 30.6 Å². The highest BCUT2D eigenvalue weighted by Crippen LogP contribution is 2.04. The number of aromatic nitrogens is 1. The average molecular weight is 134 g/mol. The minimum atomic E-state index is 0.794. The molecule has 0 atom stereocenters. The van der Waals surface area contributed by atoms with Gasteiger partial charge in [-0.05, 0) is 19.1 Å². The van der Waals surface area contributed by atoms with E-state index in [4.69, 9.17) is 5.73 Å². The Bertz CT molecular complexity index is 226. The summed E-state index contributed by atoms with van der Waals surface area (Å²) >= 11 is 0. The van der Waals surface area contributed by atoms with E-state index in [9.17, 15) is 0 Å². The highest BCUT2D eigenvalue weighted by atomic mass is 14.6. The Morgan fingerprint density at radius 1 is 1.50 bits per heavy atom. The second kappa shape index (κ2) is 3.01. The monoisotopic (exact) mass is 134 g/mol. The predicted molar refractivity (Wildman–Crippen MR) is 42.1 cm³/mol. The van der Waals surface area contributed by atoms with Crippen LogP contribution in [0.1, 0.15) is 12.5 Å². The molecule has 1 aromatic rings. The van der Waals surface area contributed by atoms with Gasteiger partial charge in [0.25, 0.3) is 0 Å². The lowest BCUT2D eigenvalue weighted by Gasteiger charge is -1.96. The molecule has 2 nitrogen and oxygen atoms in total. The second-order valence-electron chi connectivity index (χ2n) is 1.98. The van der Waals surface area contributed by atoms with Crippen molar-refractivity contribution in [1.82, 2.24) is 4.98 Å². The van der Waals surface area contributed by atoms with Crippen LogP contribution in [0.25, 0.3) is 5.70 Å². The van der Waals surface area contributed by atoms with Gasteiger partial charge in [-0.15, -0.1) is 0 Å². The summed E-state index contributed by atoms with van der Waals surface area (Å²) < 4.78 is 0. The molecule has 1 rings (SSSR count).